The van der Waals surface area contributed by atoms with Gasteiger partial charge >= 0.3 is 6.18 Å². The molecule has 0 saturated heterocycles. The zero-order chi connectivity index (χ0) is 29.4. The van der Waals surface area contributed by atoms with Gasteiger partial charge < -0.3 is 26.4 Å². The molecule has 2 aromatic heterocycles. The predicted octanol–water partition coefficient (Wildman–Crippen LogP) is 4.12. The number of carbonyl (C=O) groups excluding carboxylic acids is 1. The van der Waals surface area contributed by atoms with Gasteiger partial charge in [0.15, 0.2) is 12.1 Å². The molecule has 1 unspecified atom stereocenters. The zero-order valence-corrected chi connectivity index (χ0v) is 22.1. The summed E-state index contributed by atoms with van der Waals surface area (Å²) in [5, 5.41) is 8.87. The van der Waals surface area contributed by atoms with Gasteiger partial charge in [-0.3, -0.25) is 14.8 Å². The molecule has 14 heteroatoms. The lowest BCUT2D eigenvalue weighted by Crippen LogP contribution is -2.28. The van der Waals surface area contributed by atoms with Gasteiger partial charge in [0.2, 0.25) is 5.88 Å². The fraction of sp³-hybridized carbons (Fsp3) is 0.385. The number of pyridine rings is 1. The number of aldehydes is 1. The van der Waals surface area contributed by atoms with Crippen molar-refractivity contribution in [2.45, 2.75) is 39.1 Å². The van der Waals surface area contributed by atoms with E-state index in [1.54, 1.807) is 6.92 Å². The summed E-state index contributed by atoms with van der Waals surface area (Å²) in [4.78, 5) is 24.1. The summed E-state index contributed by atoms with van der Waals surface area (Å²) in [6.45, 7) is 4.38. The predicted molar refractivity (Wildman–Crippen MR) is 140 cm³/mol. The Hall–Kier alpha value is -3.91. The number of nitrogens with two attached hydrogens (primary N) is 1. The molecule has 0 aliphatic rings. The molecule has 5 N–H and O–H groups in total. The van der Waals surface area contributed by atoms with Crippen molar-refractivity contribution < 1.29 is 31.5 Å². The number of nitrogens with one attached hydrogen (secondary N) is 3. The third-order valence-electron chi connectivity index (χ3n) is 5.98. The number of benzene rings is 1. The minimum Gasteiger partial charge on any atom is -0.474 e. The molecule has 0 spiro atoms. The lowest BCUT2D eigenvalue weighted by molar-refractivity contribution is -0.137. The minimum absolute atomic E-state index is 0.129. The van der Waals surface area contributed by atoms with E-state index in [1.807, 2.05) is 7.05 Å². The number of hydrogen-bond donors (Lipinski definition) is 4. The lowest BCUT2D eigenvalue weighted by atomic mass is 9.95. The van der Waals surface area contributed by atoms with Crippen molar-refractivity contribution in [1.29, 1.82) is 0 Å². The first kappa shape index (κ1) is 30.6. The van der Waals surface area contributed by atoms with Crippen LogP contribution in [-0.4, -0.2) is 54.0 Å². The zero-order valence-electron chi connectivity index (χ0n) is 22.1. The highest BCUT2D eigenvalue weighted by Crippen LogP contribution is 2.44. The number of aromatic nitrogens is 3. The Morgan fingerprint density at radius 1 is 1.15 bits per heavy atom. The Bertz CT molecular complexity index is 1320. The smallest absolute Gasteiger partial charge is 0.417 e. The first-order valence-corrected chi connectivity index (χ1v) is 12.3. The van der Waals surface area contributed by atoms with E-state index in [0.29, 0.717) is 37.6 Å². The SMILES string of the molecule is CNCCNCCC(C)Oc1nc(-c2cc(N)c(F)c(C)c2C(F)(F)F)c(F)c(NCc2cnccn2)c1C=O. The van der Waals surface area contributed by atoms with Gasteiger partial charge in [-0.25, -0.2) is 13.8 Å². The molecule has 216 valence electrons. The molecule has 0 aliphatic carbocycles. The Balaban J connectivity index is 2.15. The molecule has 0 aliphatic heterocycles. The second kappa shape index (κ2) is 13.4. The number of likely N-dealkylation sites (N-methyl/N-ethyl adjacent to an activating group) is 1. The molecular formula is C26H30F5N7O2. The maximum atomic E-state index is 16.0. The average molecular weight is 568 g/mol. The van der Waals surface area contributed by atoms with E-state index in [2.05, 4.69) is 30.9 Å². The number of ether oxygens (including phenoxy) is 1. The first-order chi connectivity index (χ1) is 19.0. The number of carbonyl (C=O) groups is 1. The van der Waals surface area contributed by atoms with E-state index in [4.69, 9.17) is 10.5 Å². The van der Waals surface area contributed by atoms with Gasteiger partial charge in [0.1, 0.15) is 17.1 Å². The van der Waals surface area contributed by atoms with E-state index in [9.17, 15) is 22.4 Å². The summed E-state index contributed by atoms with van der Waals surface area (Å²) >= 11 is 0. The second-order valence-electron chi connectivity index (χ2n) is 8.93. The number of rotatable bonds is 13. The van der Waals surface area contributed by atoms with Gasteiger partial charge in [-0.05, 0) is 45.5 Å². The summed E-state index contributed by atoms with van der Waals surface area (Å²) in [5.74, 6) is -2.96. The number of nitrogens with zero attached hydrogens (tertiary/aromatic N) is 3. The van der Waals surface area contributed by atoms with E-state index in [-0.39, 0.29) is 12.1 Å². The summed E-state index contributed by atoms with van der Waals surface area (Å²) in [6.07, 6.45) is -0.706. The molecule has 3 rings (SSSR count). The van der Waals surface area contributed by atoms with Gasteiger partial charge in [0.05, 0.1) is 41.5 Å². The van der Waals surface area contributed by atoms with Gasteiger partial charge in [0.25, 0.3) is 0 Å². The Morgan fingerprint density at radius 3 is 2.52 bits per heavy atom. The van der Waals surface area contributed by atoms with E-state index >= 15 is 4.39 Å². The van der Waals surface area contributed by atoms with Gasteiger partial charge in [-0.1, -0.05) is 0 Å². The third-order valence-corrected chi connectivity index (χ3v) is 5.98. The van der Waals surface area contributed by atoms with E-state index in [0.717, 1.165) is 13.5 Å². The number of hydrogen-bond acceptors (Lipinski definition) is 9. The van der Waals surface area contributed by atoms with Crippen LogP contribution in [0.25, 0.3) is 11.3 Å². The van der Waals surface area contributed by atoms with Crippen LogP contribution in [0.2, 0.25) is 0 Å². The fourth-order valence-electron chi connectivity index (χ4n) is 3.97. The van der Waals surface area contributed by atoms with Crippen LogP contribution in [0.1, 0.15) is 40.5 Å². The minimum atomic E-state index is -5.08. The van der Waals surface area contributed by atoms with E-state index < -0.39 is 63.6 Å². The molecule has 40 heavy (non-hydrogen) atoms. The van der Waals surface area contributed by atoms with Crippen LogP contribution in [0.5, 0.6) is 5.88 Å². The number of halogens is 5. The van der Waals surface area contributed by atoms with Crippen molar-refractivity contribution in [3.63, 3.8) is 0 Å². The number of nitrogen functional groups attached to an aromatic ring is 1. The van der Waals surface area contributed by atoms with Crippen LogP contribution < -0.4 is 26.4 Å². The maximum Gasteiger partial charge on any atom is 0.417 e. The molecule has 0 fully saturated rings. The normalized spacial score (nSPS) is 12.3. The molecule has 9 nitrogen and oxygen atoms in total. The Kier molecular flexibility index (Phi) is 10.3. The molecule has 0 bridgehead atoms. The Labute approximate surface area is 227 Å². The number of anilines is 2. The summed E-state index contributed by atoms with van der Waals surface area (Å²) < 4.78 is 78.6. The van der Waals surface area contributed by atoms with Crippen molar-refractivity contribution in [1.82, 2.24) is 25.6 Å². The van der Waals surface area contributed by atoms with Gasteiger partial charge in [-0.2, -0.15) is 13.2 Å². The molecule has 0 amide bonds. The van der Waals surface area contributed by atoms with Crippen molar-refractivity contribution in [3.8, 4) is 17.1 Å². The topological polar surface area (TPSA) is 127 Å². The molecule has 0 saturated carbocycles. The lowest BCUT2D eigenvalue weighted by Gasteiger charge is -2.22. The standard InChI is InChI=1S/C26H30F5N7O2/c1-14(4-5-34-7-6-33-3)40-25-18(13-39)23(37-12-16-11-35-8-9-36-16)22(28)24(38-25)17-10-19(32)21(27)15(2)20(17)26(29,30)31/h8-11,13-14,33-34H,4-7,12,32H2,1-3H3,(H,37,38). The first-order valence-electron chi connectivity index (χ1n) is 12.3. The largest absolute Gasteiger partial charge is 0.474 e. The van der Waals surface area contributed by atoms with Gasteiger partial charge in [-0.15, -0.1) is 0 Å². The average Bonchev–Trinajstić information content (AvgIpc) is 2.91. The second-order valence-corrected chi connectivity index (χ2v) is 8.93. The van der Waals surface area contributed by atoms with Crippen molar-refractivity contribution >= 4 is 17.7 Å². The van der Waals surface area contributed by atoms with Crippen LogP contribution in [0, 0.1) is 18.6 Å². The molecular weight excluding hydrogens is 537 g/mol. The van der Waals surface area contributed by atoms with Crippen molar-refractivity contribution in [2.24, 2.45) is 0 Å². The third kappa shape index (κ3) is 7.18. The molecule has 3 aromatic rings. The van der Waals surface area contributed by atoms with Crippen LogP contribution in [0.4, 0.5) is 33.3 Å². The van der Waals surface area contributed by atoms with Crippen LogP contribution in [-0.2, 0) is 12.7 Å². The summed E-state index contributed by atoms with van der Waals surface area (Å²) in [6, 6.07) is 0.669. The fourth-order valence-corrected chi connectivity index (χ4v) is 3.97. The monoisotopic (exact) mass is 567 g/mol. The van der Waals surface area contributed by atoms with Gasteiger partial charge in [0, 0.05) is 31.0 Å². The Morgan fingerprint density at radius 2 is 1.90 bits per heavy atom. The van der Waals surface area contributed by atoms with E-state index in [1.165, 1.54) is 18.6 Å². The van der Waals surface area contributed by atoms with Crippen LogP contribution in [0.15, 0.2) is 24.7 Å². The summed E-state index contributed by atoms with van der Waals surface area (Å²) in [5.41, 5.74) is 0.678. The van der Waals surface area contributed by atoms with Crippen LogP contribution >= 0.6 is 0 Å². The molecule has 0 radical (unpaired) electrons. The maximum absolute atomic E-state index is 16.0. The summed E-state index contributed by atoms with van der Waals surface area (Å²) in [7, 11) is 1.81. The molecule has 1 aromatic carbocycles. The highest BCUT2D eigenvalue weighted by Gasteiger charge is 2.39. The van der Waals surface area contributed by atoms with Crippen molar-refractivity contribution in [2.75, 3.05) is 37.7 Å². The van der Waals surface area contributed by atoms with Crippen LogP contribution in [0.3, 0.4) is 0 Å². The highest BCUT2D eigenvalue weighted by atomic mass is 19.4. The number of alkyl halides is 3. The molecule has 2 heterocycles. The molecule has 1 atom stereocenters. The van der Waals surface area contributed by atoms with Crippen molar-refractivity contribution in [3.05, 3.63) is 58.7 Å². The highest BCUT2D eigenvalue weighted by molar-refractivity contribution is 5.90. The quantitative estimate of drug-likeness (QED) is 0.104.